The molecule has 1 aromatic carbocycles. The first kappa shape index (κ1) is 16.6. The molecule has 1 aliphatic heterocycles. The molecule has 7 heteroatoms. The van der Waals surface area contributed by atoms with Gasteiger partial charge in [0.1, 0.15) is 5.25 Å². The topological polar surface area (TPSA) is 84.2 Å². The normalized spacial score (nSPS) is 17.2. The first-order valence-electron chi connectivity index (χ1n) is 7.68. The lowest BCUT2D eigenvalue weighted by Crippen LogP contribution is -2.35. The van der Waals surface area contributed by atoms with E-state index in [2.05, 4.69) is 16.5 Å². The Labute approximate surface area is 144 Å². The van der Waals surface area contributed by atoms with Gasteiger partial charge >= 0.3 is 5.97 Å². The second kappa shape index (κ2) is 6.32. The summed E-state index contributed by atoms with van der Waals surface area (Å²) in [6.45, 7) is 3.11. The first-order valence-corrected chi connectivity index (χ1v) is 8.73. The van der Waals surface area contributed by atoms with Gasteiger partial charge in [0.2, 0.25) is 5.91 Å². The second-order valence-electron chi connectivity index (χ2n) is 6.23. The minimum atomic E-state index is -1.17. The molecule has 2 aromatic rings. The molecule has 126 valence electrons. The highest BCUT2D eigenvalue weighted by atomic mass is 32.2. The van der Waals surface area contributed by atoms with E-state index in [1.165, 1.54) is 16.4 Å². The third-order valence-electron chi connectivity index (χ3n) is 4.18. The zero-order chi connectivity index (χ0) is 17.3. The Kier molecular flexibility index (Phi) is 4.36. The van der Waals surface area contributed by atoms with E-state index in [-0.39, 0.29) is 11.2 Å². The minimum Gasteiger partial charge on any atom is -0.479 e. The maximum absolute atomic E-state index is 12.6. The fraction of sp³-hybridized carbons (Fsp3) is 0.353. The van der Waals surface area contributed by atoms with Crippen molar-refractivity contribution in [1.82, 2.24) is 9.78 Å². The van der Waals surface area contributed by atoms with Gasteiger partial charge in [-0.05, 0) is 37.1 Å². The molecule has 2 heterocycles. The van der Waals surface area contributed by atoms with Crippen LogP contribution in [0.4, 0.5) is 5.69 Å². The number of aromatic nitrogens is 2. The number of aliphatic carboxylic acids is 1. The van der Waals surface area contributed by atoms with Crippen LogP contribution in [0.1, 0.15) is 30.2 Å². The molecule has 1 amide bonds. The van der Waals surface area contributed by atoms with E-state index in [1.807, 2.05) is 18.2 Å². The molecule has 0 fully saturated rings. The lowest BCUT2D eigenvalue weighted by Gasteiger charge is -2.24. The van der Waals surface area contributed by atoms with Crippen molar-refractivity contribution in [2.24, 2.45) is 0 Å². The molecule has 0 saturated heterocycles. The number of benzene rings is 1. The maximum Gasteiger partial charge on any atom is 0.331 e. The number of carbonyl (C=O) groups is 2. The van der Waals surface area contributed by atoms with Gasteiger partial charge in [-0.2, -0.15) is 5.10 Å². The number of carboxylic acid groups (broad SMARTS) is 1. The molecule has 24 heavy (non-hydrogen) atoms. The van der Waals surface area contributed by atoms with Crippen molar-refractivity contribution in [1.29, 1.82) is 0 Å². The highest BCUT2D eigenvalue weighted by Crippen LogP contribution is 2.37. The van der Waals surface area contributed by atoms with Crippen LogP contribution in [0.15, 0.2) is 36.7 Å². The molecule has 0 bridgehead atoms. The van der Waals surface area contributed by atoms with Crippen LogP contribution in [0.25, 0.3) is 0 Å². The number of hydrogen-bond acceptors (Lipinski definition) is 4. The Morgan fingerprint density at radius 1 is 1.38 bits per heavy atom. The molecule has 3 rings (SSSR count). The lowest BCUT2D eigenvalue weighted by atomic mass is 10.0. The monoisotopic (exact) mass is 345 g/mol. The number of rotatable bonds is 4. The molecule has 0 spiro atoms. The lowest BCUT2D eigenvalue weighted by molar-refractivity contribution is -0.146. The maximum atomic E-state index is 12.6. The van der Waals surface area contributed by atoms with Crippen molar-refractivity contribution in [2.75, 3.05) is 11.1 Å². The number of thioether (sulfide) groups is 1. The van der Waals surface area contributed by atoms with Crippen molar-refractivity contribution < 1.29 is 14.7 Å². The number of nitrogens with zero attached hydrogens (tertiary/aromatic N) is 2. The van der Waals surface area contributed by atoms with Crippen LogP contribution in [0.2, 0.25) is 0 Å². The fourth-order valence-corrected chi connectivity index (χ4v) is 3.80. The Hall–Kier alpha value is -2.28. The molecule has 1 atom stereocenters. The van der Waals surface area contributed by atoms with E-state index in [9.17, 15) is 14.7 Å². The van der Waals surface area contributed by atoms with Crippen LogP contribution in [0.3, 0.4) is 0 Å². The zero-order valence-electron chi connectivity index (χ0n) is 13.5. The quantitative estimate of drug-likeness (QED) is 0.890. The van der Waals surface area contributed by atoms with E-state index in [4.69, 9.17) is 0 Å². The molecule has 1 aromatic heterocycles. The van der Waals surface area contributed by atoms with Gasteiger partial charge < -0.3 is 10.4 Å². The van der Waals surface area contributed by atoms with E-state index in [0.717, 1.165) is 17.7 Å². The average molecular weight is 345 g/mol. The largest absolute Gasteiger partial charge is 0.479 e. The van der Waals surface area contributed by atoms with E-state index in [0.29, 0.717) is 5.69 Å². The molecule has 0 radical (unpaired) electrons. The molecule has 6 nitrogen and oxygen atoms in total. The van der Waals surface area contributed by atoms with Crippen molar-refractivity contribution in [2.45, 2.75) is 31.1 Å². The van der Waals surface area contributed by atoms with Gasteiger partial charge in [0, 0.05) is 6.20 Å². The summed E-state index contributed by atoms with van der Waals surface area (Å²) in [6.07, 6.45) is 3.99. The molecule has 0 aliphatic carbocycles. The summed E-state index contributed by atoms with van der Waals surface area (Å²) in [5, 5.41) is 15.9. The first-order chi connectivity index (χ1) is 11.4. The van der Waals surface area contributed by atoms with Crippen LogP contribution in [0.5, 0.6) is 0 Å². The predicted octanol–water partition coefficient (Wildman–Crippen LogP) is 2.67. The number of carboxylic acids is 1. The van der Waals surface area contributed by atoms with Gasteiger partial charge in [-0.25, -0.2) is 4.79 Å². The third-order valence-corrected chi connectivity index (χ3v) is 5.42. The van der Waals surface area contributed by atoms with Crippen LogP contribution in [-0.4, -0.2) is 32.5 Å². The number of anilines is 1. The number of carbonyl (C=O) groups excluding carboxylic acids is 1. The standard InChI is InChI=1S/C17H19N3O3S/c1-17(2,16(22)23)20-10-12(9-18-20)19-15(21)14-13-6-4-3-5-11(13)7-8-24-14/h3-6,9-10,14H,7-8H2,1-2H3,(H,19,21)(H,22,23). The highest BCUT2D eigenvalue weighted by molar-refractivity contribution is 8.00. The Morgan fingerprint density at radius 2 is 2.12 bits per heavy atom. The summed E-state index contributed by atoms with van der Waals surface area (Å²) >= 11 is 1.62. The SMILES string of the molecule is CC(C)(C(=O)O)n1cc(NC(=O)C2SCCc3ccccc32)cn1. The van der Waals surface area contributed by atoms with Crippen molar-refractivity contribution in [3.8, 4) is 0 Å². The third kappa shape index (κ3) is 3.03. The molecule has 2 N–H and O–H groups in total. The van der Waals surface area contributed by atoms with Crippen LogP contribution >= 0.6 is 11.8 Å². The van der Waals surface area contributed by atoms with Crippen molar-refractivity contribution in [3.63, 3.8) is 0 Å². The number of amides is 1. The number of aryl methyl sites for hydroxylation is 1. The summed E-state index contributed by atoms with van der Waals surface area (Å²) < 4.78 is 1.34. The molecule has 1 aliphatic rings. The molecule has 0 saturated carbocycles. The fourth-order valence-electron chi connectivity index (χ4n) is 2.61. The van der Waals surface area contributed by atoms with E-state index >= 15 is 0 Å². The van der Waals surface area contributed by atoms with E-state index < -0.39 is 11.5 Å². The number of hydrogen-bond donors (Lipinski definition) is 2. The molecular weight excluding hydrogens is 326 g/mol. The Morgan fingerprint density at radius 3 is 2.88 bits per heavy atom. The Balaban J connectivity index is 1.77. The number of fused-ring (bicyclic) bond motifs is 1. The van der Waals surface area contributed by atoms with Gasteiger partial charge in [-0.3, -0.25) is 9.48 Å². The summed E-state index contributed by atoms with van der Waals surface area (Å²) in [5.74, 6) is -0.194. The van der Waals surface area contributed by atoms with Gasteiger partial charge in [-0.15, -0.1) is 11.8 Å². The van der Waals surface area contributed by atoms with Gasteiger partial charge in [-0.1, -0.05) is 24.3 Å². The summed E-state index contributed by atoms with van der Waals surface area (Å²) in [4.78, 5) is 23.9. The van der Waals surface area contributed by atoms with Crippen LogP contribution in [-0.2, 0) is 21.5 Å². The predicted molar refractivity (Wildman–Crippen MR) is 93.2 cm³/mol. The minimum absolute atomic E-state index is 0.111. The highest BCUT2D eigenvalue weighted by Gasteiger charge is 2.31. The Bertz CT molecular complexity index is 785. The van der Waals surface area contributed by atoms with Gasteiger partial charge in [0.05, 0.1) is 11.9 Å². The average Bonchev–Trinajstić information content (AvgIpc) is 3.03. The summed E-state index contributed by atoms with van der Waals surface area (Å²) in [6, 6.07) is 7.98. The van der Waals surface area contributed by atoms with Crippen molar-refractivity contribution >= 4 is 29.3 Å². The van der Waals surface area contributed by atoms with Crippen LogP contribution in [0, 0.1) is 0 Å². The van der Waals surface area contributed by atoms with Gasteiger partial charge in [0.25, 0.3) is 0 Å². The smallest absolute Gasteiger partial charge is 0.331 e. The number of nitrogens with one attached hydrogen (secondary N) is 1. The second-order valence-corrected chi connectivity index (χ2v) is 7.44. The molecular formula is C17H19N3O3S. The summed E-state index contributed by atoms with van der Waals surface area (Å²) in [5.41, 5.74) is 1.58. The van der Waals surface area contributed by atoms with Gasteiger partial charge in [0.15, 0.2) is 5.54 Å². The van der Waals surface area contributed by atoms with Crippen molar-refractivity contribution in [3.05, 3.63) is 47.8 Å². The van der Waals surface area contributed by atoms with E-state index in [1.54, 1.807) is 31.8 Å². The molecule has 1 unspecified atom stereocenters. The van der Waals surface area contributed by atoms with Crippen LogP contribution < -0.4 is 5.32 Å². The zero-order valence-corrected chi connectivity index (χ0v) is 14.3. The summed E-state index contributed by atoms with van der Waals surface area (Å²) in [7, 11) is 0.